The average molecular weight is 131 g/mol. The quantitative estimate of drug-likeness (QED) is 0.380. The summed E-state index contributed by atoms with van der Waals surface area (Å²) in [5, 5.41) is 0. The summed E-state index contributed by atoms with van der Waals surface area (Å²) in [5.41, 5.74) is 0. The van der Waals surface area contributed by atoms with Gasteiger partial charge in [-0.2, -0.15) is 0 Å². The molecule has 0 spiro atoms. The largest absolute Gasteiger partial charge is 0.302 e. The number of hydrogen-bond donors (Lipinski definition) is 0. The third-order valence-corrected chi connectivity index (χ3v) is 2.14. The number of nitrogens with zero attached hydrogens (tertiary/aromatic N) is 1. The van der Waals surface area contributed by atoms with Crippen LogP contribution in [-0.2, 0) is 4.79 Å². The summed E-state index contributed by atoms with van der Waals surface area (Å²) in [6.07, 6.45) is 3.21. The molecule has 2 atom stereocenters. The van der Waals surface area contributed by atoms with Crippen LogP contribution in [0.2, 0.25) is 0 Å². The van der Waals surface area contributed by atoms with Crippen LogP contribution in [0.5, 0.6) is 0 Å². The van der Waals surface area contributed by atoms with Gasteiger partial charge in [0.2, 0.25) is 0 Å². The van der Waals surface area contributed by atoms with Gasteiger partial charge < -0.3 is 4.79 Å². The Bertz CT molecular complexity index is 96.4. The smallest absolute Gasteiger partial charge is 0.137 e. The lowest BCUT2D eigenvalue weighted by Crippen LogP contribution is -2.19. The van der Waals surface area contributed by atoms with Crippen molar-refractivity contribution in [1.82, 2.24) is 4.67 Å². The Hall–Kier alpha value is 0.0600. The molecule has 0 amide bonds. The van der Waals surface area contributed by atoms with Gasteiger partial charge in [0.1, 0.15) is 6.29 Å². The summed E-state index contributed by atoms with van der Waals surface area (Å²) in [7, 11) is 2.56. The minimum atomic E-state index is 0.181. The predicted octanol–water partition coefficient (Wildman–Crippen LogP) is 0.440. The van der Waals surface area contributed by atoms with Crippen molar-refractivity contribution in [2.75, 3.05) is 6.54 Å². The Balaban J connectivity index is 2.41. The summed E-state index contributed by atoms with van der Waals surface area (Å²) < 4.78 is 2.01. The molecule has 0 aromatic rings. The average Bonchev–Trinajstić information content (AvgIpc) is 2.14. The van der Waals surface area contributed by atoms with E-state index in [0.29, 0.717) is 0 Å². The number of carbonyl (C=O) groups excluding carboxylic acids is 1. The van der Waals surface area contributed by atoms with Crippen LogP contribution < -0.4 is 0 Å². The van der Waals surface area contributed by atoms with E-state index in [0.717, 1.165) is 25.7 Å². The minimum absolute atomic E-state index is 0.181. The van der Waals surface area contributed by atoms with Crippen molar-refractivity contribution in [3.63, 3.8) is 0 Å². The van der Waals surface area contributed by atoms with Gasteiger partial charge in [-0.3, -0.25) is 4.67 Å². The van der Waals surface area contributed by atoms with Gasteiger partial charge in [0, 0.05) is 6.54 Å². The molecule has 0 bridgehead atoms. The molecule has 46 valence electrons. The molecule has 0 aromatic heterocycles. The summed E-state index contributed by atoms with van der Waals surface area (Å²) in [6.45, 7) is 1.05. The molecule has 0 aliphatic carbocycles. The molecule has 3 heteroatoms. The van der Waals surface area contributed by atoms with E-state index in [4.69, 9.17) is 0 Å². The highest BCUT2D eigenvalue weighted by molar-refractivity contribution is 7.13. The second-order valence-corrected chi connectivity index (χ2v) is 2.75. The SMILES string of the molecule is O=C[C@@H]1CCCN1P. The van der Waals surface area contributed by atoms with E-state index in [9.17, 15) is 4.79 Å². The van der Waals surface area contributed by atoms with Crippen LogP contribution in [0.4, 0.5) is 0 Å². The monoisotopic (exact) mass is 131 g/mol. The standard InChI is InChI=1S/C5H10NOP/c7-4-5-2-1-3-6(5)8/h4-5H,1-3,8H2/t5-/m0/s1. The molecule has 0 N–H and O–H groups in total. The van der Waals surface area contributed by atoms with Gasteiger partial charge >= 0.3 is 0 Å². The van der Waals surface area contributed by atoms with Crippen LogP contribution in [0.1, 0.15) is 12.8 Å². The van der Waals surface area contributed by atoms with Crippen LogP contribution in [-0.4, -0.2) is 23.5 Å². The molecule has 8 heavy (non-hydrogen) atoms. The Kier molecular flexibility index (Phi) is 1.98. The Labute approximate surface area is 51.5 Å². The molecule has 0 saturated carbocycles. The first-order valence-corrected chi connectivity index (χ1v) is 3.33. The first-order valence-electron chi connectivity index (χ1n) is 2.81. The van der Waals surface area contributed by atoms with Crippen LogP contribution in [0, 0.1) is 0 Å². The lowest BCUT2D eigenvalue weighted by molar-refractivity contribution is -0.110. The predicted molar refractivity (Wildman–Crippen MR) is 35.5 cm³/mol. The fourth-order valence-corrected chi connectivity index (χ4v) is 1.36. The van der Waals surface area contributed by atoms with Gasteiger partial charge in [-0.1, -0.05) is 9.39 Å². The Morgan fingerprint density at radius 3 is 2.75 bits per heavy atom. The van der Waals surface area contributed by atoms with Gasteiger partial charge in [-0.15, -0.1) is 0 Å². The summed E-state index contributed by atoms with van der Waals surface area (Å²) in [4.78, 5) is 10.2. The maximum Gasteiger partial charge on any atom is 0.137 e. The van der Waals surface area contributed by atoms with E-state index in [1.807, 2.05) is 4.67 Å². The second kappa shape index (κ2) is 2.56. The lowest BCUT2D eigenvalue weighted by Gasteiger charge is -2.10. The first-order chi connectivity index (χ1) is 3.84. The number of carbonyl (C=O) groups is 1. The Morgan fingerprint density at radius 2 is 2.50 bits per heavy atom. The molecule has 0 aromatic carbocycles. The normalized spacial score (nSPS) is 30.9. The van der Waals surface area contributed by atoms with Crippen molar-refractivity contribution >= 4 is 15.7 Å². The zero-order chi connectivity index (χ0) is 5.98. The van der Waals surface area contributed by atoms with Crippen molar-refractivity contribution in [2.45, 2.75) is 18.9 Å². The van der Waals surface area contributed by atoms with Crippen molar-refractivity contribution in [3.8, 4) is 0 Å². The highest BCUT2D eigenvalue weighted by Gasteiger charge is 2.19. The molecule has 0 radical (unpaired) electrons. The van der Waals surface area contributed by atoms with Gasteiger partial charge in [0.05, 0.1) is 6.04 Å². The zero-order valence-electron chi connectivity index (χ0n) is 4.71. The topological polar surface area (TPSA) is 20.3 Å². The van der Waals surface area contributed by atoms with Crippen molar-refractivity contribution < 1.29 is 4.79 Å². The lowest BCUT2D eigenvalue weighted by atomic mass is 10.2. The summed E-state index contributed by atoms with van der Waals surface area (Å²) in [5.74, 6) is 0. The van der Waals surface area contributed by atoms with E-state index in [2.05, 4.69) is 9.39 Å². The summed E-state index contributed by atoms with van der Waals surface area (Å²) >= 11 is 0. The molecule has 1 aliphatic heterocycles. The molecule has 1 aliphatic rings. The fraction of sp³-hybridized carbons (Fsp3) is 0.800. The van der Waals surface area contributed by atoms with Crippen molar-refractivity contribution in [2.24, 2.45) is 0 Å². The van der Waals surface area contributed by atoms with E-state index in [-0.39, 0.29) is 6.04 Å². The van der Waals surface area contributed by atoms with Crippen LogP contribution in [0.25, 0.3) is 0 Å². The second-order valence-electron chi connectivity index (χ2n) is 2.08. The molecule has 1 unspecified atom stereocenters. The van der Waals surface area contributed by atoms with E-state index >= 15 is 0 Å². The first kappa shape index (κ1) is 6.18. The molecule has 1 rings (SSSR count). The molecule has 2 nitrogen and oxygen atoms in total. The van der Waals surface area contributed by atoms with Crippen molar-refractivity contribution in [1.29, 1.82) is 0 Å². The van der Waals surface area contributed by atoms with Gasteiger partial charge in [0.15, 0.2) is 0 Å². The molecular formula is C5H10NOP. The van der Waals surface area contributed by atoms with Crippen LogP contribution >= 0.6 is 9.39 Å². The minimum Gasteiger partial charge on any atom is -0.302 e. The zero-order valence-corrected chi connectivity index (χ0v) is 5.86. The number of hydrogen-bond acceptors (Lipinski definition) is 2. The van der Waals surface area contributed by atoms with E-state index < -0.39 is 0 Å². The van der Waals surface area contributed by atoms with Crippen LogP contribution in [0.15, 0.2) is 0 Å². The Morgan fingerprint density at radius 1 is 1.75 bits per heavy atom. The maximum atomic E-state index is 10.2. The molecule has 1 saturated heterocycles. The van der Waals surface area contributed by atoms with E-state index in [1.165, 1.54) is 0 Å². The maximum absolute atomic E-state index is 10.2. The molecular weight excluding hydrogens is 121 g/mol. The number of aldehydes is 1. The van der Waals surface area contributed by atoms with Gasteiger partial charge in [0.25, 0.3) is 0 Å². The fourth-order valence-electron chi connectivity index (χ4n) is 0.961. The third-order valence-electron chi connectivity index (χ3n) is 1.50. The summed E-state index contributed by atoms with van der Waals surface area (Å²) in [6, 6.07) is 0.181. The van der Waals surface area contributed by atoms with Gasteiger partial charge in [-0.05, 0) is 12.8 Å². The highest BCUT2D eigenvalue weighted by Crippen LogP contribution is 2.18. The van der Waals surface area contributed by atoms with Crippen LogP contribution in [0.3, 0.4) is 0 Å². The van der Waals surface area contributed by atoms with Crippen molar-refractivity contribution in [3.05, 3.63) is 0 Å². The number of rotatable bonds is 1. The molecule has 1 fully saturated rings. The van der Waals surface area contributed by atoms with E-state index in [1.54, 1.807) is 0 Å². The van der Waals surface area contributed by atoms with Gasteiger partial charge in [-0.25, -0.2) is 0 Å². The molecule has 1 heterocycles. The highest BCUT2D eigenvalue weighted by atomic mass is 31.0. The third kappa shape index (κ3) is 1.07.